The number of hydrogen-bond donors (Lipinski definition) is 3. The lowest BCUT2D eigenvalue weighted by molar-refractivity contribution is -0.138. The van der Waals surface area contributed by atoms with Gasteiger partial charge in [-0.15, -0.1) is 0 Å². The van der Waals surface area contributed by atoms with Crippen molar-refractivity contribution >= 4 is 5.97 Å². The zero-order valence-corrected chi connectivity index (χ0v) is 21.4. The lowest BCUT2D eigenvalue weighted by Crippen LogP contribution is -2.08. The van der Waals surface area contributed by atoms with Crippen molar-refractivity contribution in [3.63, 3.8) is 0 Å². The van der Waals surface area contributed by atoms with E-state index >= 15 is 0 Å². The van der Waals surface area contributed by atoms with Gasteiger partial charge in [0.1, 0.15) is 0 Å². The molecule has 0 aliphatic carbocycles. The molecule has 0 saturated heterocycles. The lowest BCUT2D eigenvalue weighted by atomic mass is 9.91. The van der Waals surface area contributed by atoms with Crippen LogP contribution in [0.1, 0.15) is 150 Å². The van der Waals surface area contributed by atoms with Gasteiger partial charge in [-0.1, -0.05) is 104 Å². The van der Waals surface area contributed by atoms with Gasteiger partial charge in [0.15, 0.2) is 0 Å². The highest BCUT2D eigenvalue weighted by molar-refractivity contribution is 5.66. The fourth-order valence-corrected chi connectivity index (χ4v) is 3.86. The Kier molecular flexibility index (Phi) is 26.9. The summed E-state index contributed by atoms with van der Waals surface area (Å²) in [5.41, 5.74) is 0. The zero-order valence-electron chi connectivity index (χ0n) is 21.4. The minimum absolute atomic E-state index is 0.274. The molecule has 0 radical (unpaired) electrons. The molecule has 0 aromatic heterocycles. The first-order valence-corrected chi connectivity index (χ1v) is 13.4. The van der Waals surface area contributed by atoms with E-state index in [1.165, 1.54) is 89.9 Å². The second-order valence-electron chi connectivity index (χ2n) is 9.56. The summed E-state index contributed by atoms with van der Waals surface area (Å²) in [6, 6.07) is 0. The maximum absolute atomic E-state index is 11.0. The maximum atomic E-state index is 11.0. The number of hydrogen-bond acceptors (Lipinski definition) is 3. The van der Waals surface area contributed by atoms with Gasteiger partial charge in [0.2, 0.25) is 0 Å². The molecule has 0 aromatic carbocycles. The fourth-order valence-electron chi connectivity index (χ4n) is 3.86. The smallest absolute Gasteiger partial charge is 0.303 e. The van der Waals surface area contributed by atoms with Crippen molar-refractivity contribution in [1.29, 1.82) is 0 Å². The van der Waals surface area contributed by atoms with E-state index in [9.17, 15) is 4.79 Å². The monoisotopic (exact) mass is 444 g/mol. The average Bonchev–Trinajstić information content (AvgIpc) is 2.70. The molecule has 0 spiro atoms. The van der Waals surface area contributed by atoms with Crippen LogP contribution < -0.4 is 0 Å². The summed E-state index contributed by atoms with van der Waals surface area (Å²) in [4.78, 5) is 11.0. The Labute approximate surface area is 194 Å². The predicted octanol–water partition coefficient (Wildman–Crippen LogP) is 7.89. The Balaban J connectivity index is 0. The molecule has 0 aliphatic rings. The largest absolute Gasteiger partial charge is 0.481 e. The number of rotatable bonds is 21. The molecule has 0 amide bonds. The molecular formula is C27H56O4. The second kappa shape index (κ2) is 25.6. The van der Waals surface area contributed by atoms with E-state index in [0.29, 0.717) is 25.2 Å². The topological polar surface area (TPSA) is 77.8 Å². The first-order valence-electron chi connectivity index (χ1n) is 13.4. The number of unbranched alkanes of at least 4 members (excludes halogenated alkanes) is 12. The number of carboxylic acid groups (broad SMARTS) is 1. The van der Waals surface area contributed by atoms with Gasteiger partial charge in [-0.05, 0) is 45.4 Å². The predicted molar refractivity (Wildman–Crippen MR) is 134 cm³/mol. The molecule has 4 nitrogen and oxygen atoms in total. The molecule has 0 aliphatic heterocycles. The second-order valence-corrected chi connectivity index (χ2v) is 9.56. The third-order valence-electron chi connectivity index (χ3n) is 5.90. The van der Waals surface area contributed by atoms with Crippen molar-refractivity contribution < 1.29 is 20.1 Å². The minimum atomic E-state index is -0.611. The van der Waals surface area contributed by atoms with Crippen LogP contribution in [0.4, 0.5) is 0 Å². The van der Waals surface area contributed by atoms with Crippen molar-refractivity contribution in [1.82, 2.24) is 0 Å². The van der Waals surface area contributed by atoms with Gasteiger partial charge < -0.3 is 15.3 Å². The highest BCUT2D eigenvalue weighted by atomic mass is 16.4. The summed E-state index contributed by atoms with van der Waals surface area (Å²) in [5.74, 6) is -0.195. The number of aliphatic carboxylic acids is 1. The van der Waals surface area contributed by atoms with Crippen LogP contribution in [0.2, 0.25) is 0 Å². The normalized spacial score (nSPS) is 13.9. The maximum Gasteiger partial charge on any atom is 0.303 e. The van der Waals surface area contributed by atoms with Gasteiger partial charge >= 0.3 is 5.97 Å². The molecule has 0 saturated carbocycles. The van der Waals surface area contributed by atoms with Gasteiger partial charge in [-0.3, -0.25) is 4.79 Å². The van der Waals surface area contributed by atoms with Gasteiger partial charge in [0.25, 0.3) is 0 Å². The quantitative estimate of drug-likeness (QED) is 0.157. The van der Waals surface area contributed by atoms with E-state index in [2.05, 4.69) is 13.8 Å². The average molecular weight is 445 g/mol. The van der Waals surface area contributed by atoms with Gasteiger partial charge in [0, 0.05) is 6.42 Å². The van der Waals surface area contributed by atoms with Crippen molar-refractivity contribution in [3.05, 3.63) is 0 Å². The Hall–Kier alpha value is -0.610. The number of aliphatic hydroxyl groups excluding tert-OH is 2. The number of aliphatic hydroxyl groups is 2. The fraction of sp³-hybridized carbons (Fsp3) is 0.963. The molecule has 188 valence electrons. The molecule has 0 aromatic rings. The van der Waals surface area contributed by atoms with Gasteiger partial charge in [0.05, 0.1) is 12.2 Å². The van der Waals surface area contributed by atoms with Crippen LogP contribution in [-0.4, -0.2) is 33.5 Å². The molecule has 0 rings (SSSR count). The van der Waals surface area contributed by atoms with E-state index in [0.717, 1.165) is 12.8 Å². The Bertz CT molecular complexity index is 347. The van der Waals surface area contributed by atoms with Gasteiger partial charge in [-0.25, -0.2) is 0 Å². The Morgan fingerprint density at radius 2 is 0.903 bits per heavy atom. The van der Waals surface area contributed by atoms with Crippen LogP contribution in [0.25, 0.3) is 0 Å². The third-order valence-corrected chi connectivity index (χ3v) is 5.90. The van der Waals surface area contributed by atoms with E-state index < -0.39 is 5.97 Å². The summed E-state index contributed by atoms with van der Waals surface area (Å²) >= 11 is 0. The molecule has 0 fully saturated rings. The highest BCUT2D eigenvalue weighted by Gasteiger charge is 2.12. The third kappa shape index (κ3) is 31.7. The summed E-state index contributed by atoms with van der Waals surface area (Å²) < 4.78 is 0. The van der Waals surface area contributed by atoms with Crippen molar-refractivity contribution in [2.24, 2.45) is 5.92 Å². The lowest BCUT2D eigenvalue weighted by Gasteiger charge is -2.14. The molecule has 31 heavy (non-hydrogen) atoms. The molecule has 3 unspecified atom stereocenters. The molecule has 0 bridgehead atoms. The summed E-state index contributed by atoms with van der Waals surface area (Å²) in [6.45, 7) is 7.95. The van der Waals surface area contributed by atoms with Crippen molar-refractivity contribution in [2.45, 2.75) is 162 Å². The van der Waals surface area contributed by atoms with Gasteiger partial charge in [-0.2, -0.15) is 0 Å². The highest BCUT2D eigenvalue weighted by Crippen LogP contribution is 2.22. The van der Waals surface area contributed by atoms with E-state index in [1.54, 1.807) is 13.8 Å². The first-order chi connectivity index (χ1) is 14.8. The SMILES string of the molecule is CC(O)CCC(C)O.CCCCCCCCCCC(CCCCCCCC)CC(=O)O. The molecule has 3 atom stereocenters. The van der Waals surface area contributed by atoms with E-state index in [4.69, 9.17) is 15.3 Å². The Morgan fingerprint density at radius 3 is 1.19 bits per heavy atom. The molecular weight excluding hydrogens is 388 g/mol. The van der Waals surface area contributed by atoms with E-state index in [1.807, 2.05) is 0 Å². The molecule has 4 heteroatoms. The summed E-state index contributed by atoms with van der Waals surface area (Å²) in [6.07, 6.45) is 21.9. The van der Waals surface area contributed by atoms with Crippen molar-refractivity contribution in [2.75, 3.05) is 0 Å². The standard InChI is InChI=1S/C21H42O2.C6H14O2/c1-3-5-7-9-11-12-14-16-18-20(19-21(22)23)17-15-13-10-8-6-4-2;1-5(7)3-4-6(2)8/h20H,3-19H2,1-2H3,(H,22,23);5-8H,3-4H2,1-2H3. The van der Waals surface area contributed by atoms with Crippen molar-refractivity contribution in [3.8, 4) is 0 Å². The number of carboxylic acids is 1. The molecule has 3 N–H and O–H groups in total. The Morgan fingerprint density at radius 1 is 0.581 bits per heavy atom. The first kappa shape index (κ1) is 32.6. The van der Waals surface area contributed by atoms with Crippen LogP contribution in [0.5, 0.6) is 0 Å². The van der Waals surface area contributed by atoms with Crippen LogP contribution in [-0.2, 0) is 4.79 Å². The van der Waals surface area contributed by atoms with Crippen LogP contribution in [0, 0.1) is 5.92 Å². The van der Waals surface area contributed by atoms with Crippen LogP contribution >= 0.6 is 0 Å². The summed E-state index contributed by atoms with van der Waals surface area (Å²) in [5, 5.41) is 26.5. The molecule has 0 heterocycles. The summed E-state index contributed by atoms with van der Waals surface area (Å²) in [7, 11) is 0. The van der Waals surface area contributed by atoms with Crippen LogP contribution in [0.3, 0.4) is 0 Å². The van der Waals surface area contributed by atoms with E-state index in [-0.39, 0.29) is 12.2 Å². The minimum Gasteiger partial charge on any atom is -0.481 e. The zero-order chi connectivity index (χ0) is 23.7. The van der Waals surface area contributed by atoms with Crippen LogP contribution in [0.15, 0.2) is 0 Å². The number of carbonyl (C=O) groups is 1.